The zero-order chi connectivity index (χ0) is 17.1. The summed E-state index contributed by atoms with van der Waals surface area (Å²) in [5, 5.41) is 5.92. The molecule has 2 N–H and O–H groups in total. The summed E-state index contributed by atoms with van der Waals surface area (Å²) in [6.07, 6.45) is 2.58. The Bertz CT molecular complexity index is 617. The van der Waals surface area contributed by atoms with Crippen molar-refractivity contribution in [2.45, 2.75) is 31.2 Å². The number of hydrogen-bond donors (Lipinski definition) is 2. The number of nitrogens with zero attached hydrogens (tertiary/aromatic N) is 2. The Morgan fingerprint density at radius 2 is 2.17 bits per heavy atom. The summed E-state index contributed by atoms with van der Waals surface area (Å²) >= 11 is 0. The van der Waals surface area contributed by atoms with Gasteiger partial charge in [0.15, 0.2) is 0 Å². The molecule has 1 aromatic rings. The van der Waals surface area contributed by atoms with Crippen molar-refractivity contribution < 1.29 is 9.59 Å². The third-order valence-electron chi connectivity index (χ3n) is 5.02. The van der Waals surface area contributed by atoms with E-state index in [0.717, 1.165) is 37.2 Å². The Hall–Kier alpha value is -2.08. The Balaban J connectivity index is 1.59. The number of carbonyl (C=O) groups excluding carboxylic acids is 2. The van der Waals surface area contributed by atoms with Crippen LogP contribution in [0.1, 0.15) is 30.7 Å². The molecule has 0 spiro atoms. The fourth-order valence-electron chi connectivity index (χ4n) is 3.57. The van der Waals surface area contributed by atoms with E-state index in [1.807, 2.05) is 29.2 Å². The van der Waals surface area contributed by atoms with Gasteiger partial charge >= 0.3 is 6.03 Å². The quantitative estimate of drug-likeness (QED) is 0.889. The molecular weight excluding hydrogens is 304 g/mol. The lowest BCUT2D eigenvalue weighted by atomic mass is 9.90. The molecule has 3 amide bonds. The molecule has 130 valence electrons. The molecule has 0 radical (unpaired) electrons. The Labute approximate surface area is 143 Å². The number of anilines is 1. The van der Waals surface area contributed by atoms with Gasteiger partial charge in [-0.3, -0.25) is 4.79 Å². The average Bonchev–Trinajstić information content (AvgIpc) is 2.59. The number of hydrogen-bond acceptors (Lipinski definition) is 3. The van der Waals surface area contributed by atoms with Crippen LogP contribution in [-0.4, -0.2) is 61.5 Å². The molecule has 0 aromatic heterocycles. The van der Waals surface area contributed by atoms with Crippen molar-refractivity contribution in [3.63, 3.8) is 0 Å². The molecule has 2 heterocycles. The molecule has 1 aromatic carbocycles. The van der Waals surface area contributed by atoms with Gasteiger partial charge < -0.3 is 20.4 Å². The van der Waals surface area contributed by atoms with E-state index in [1.165, 1.54) is 0 Å². The SMILES string of the molecule is CN(C)[C@@H]1CCCN(C(=O)NC[C@H]2CC(=O)Nc3ccccc32)C1. The van der Waals surface area contributed by atoms with Gasteiger partial charge in [-0.25, -0.2) is 4.79 Å². The van der Waals surface area contributed by atoms with E-state index in [0.29, 0.717) is 19.0 Å². The first-order valence-corrected chi connectivity index (χ1v) is 8.62. The highest BCUT2D eigenvalue weighted by Crippen LogP contribution is 2.31. The molecule has 0 unspecified atom stereocenters. The van der Waals surface area contributed by atoms with Gasteiger partial charge in [-0.2, -0.15) is 0 Å². The van der Waals surface area contributed by atoms with Crippen LogP contribution in [0.3, 0.4) is 0 Å². The largest absolute Gasteiger partial charge is 0.337 e. The summed E-state index contributed by atoms with van der Waals surface area (Å²) in [5.74, 6) is 0.0481. The van der Waals surface area contributed by atoms with Gasteiger partial charge in [0.2, 0.25) is 5.91 Å². The topological polar surface area (TPSA) is 64.7 Å². The van der Waals surface area contributed by atoms with Crippen molar-refractivity contribution in [2.75, 3.05) is 39.0 Å². The summed E-state index contributed by atoms with van der Waals surface area (Å²) in [6, 6.07) is 8.21. The van der Waals surface area contributed by atoms with Crippen LogP contribution in [0.25, 0.3) is 0 Å². The van der Waals surface area contributed by atoms with Crippen LogP contribution in [0, 0.1) is 0 Å². The van der Waals surface area contributed by atoms with Gasteiger partial charge in [0.05, 0.1) is 0 Å². The average molecular weight is 330 g/mol. The predicted molar refractivity (Wildman–Crippen MR) is 94.1 cm³/mol. The number of fused-ring (bicyclic) bond motifs is 1. The molecule has 3 rings (SSSR count). The van der Waals surface area contributed by atoms with Crippen LogP contribution in [0.4, 0.5) is 10.5 Å². The minimum Gasteiger partial charge on any atom is -0.337 e. The van der Waals surface area contributed by atoms with Crippen LogP contribution in [0.5, 0.6) is 0 Å². The molecule has 2 aliphatic heterocycles. The maximum absolute atomic E-state index is 12.5. The van der Waals surface area contributed by atoms with Crippen molar-refractivity contribution >= 4 is 17.6 Å². The third-order valence-corrected chi connectivity index (χ3v) is 5.02. The molecule has 0 saturated carbocycles. The fourth-order valence-corrected chi connectivity index (χ4v) is 3.57. The van der Waals surface area contributed by atoms with Gasteiger partial charge in [0.1, 0.15) is 0 Å². The molecule has 6 heteroatoms. The normalized spacial score (nSPS) is 23.6. The number of urea groups is 1. The second-order valence-corrected chi connectivity index (χ2v) is 6.93. The van der Waals surface area contributed by atoms with Crippen molar-refractivity contribution in [1.82, 2.24) is 15.1 Å². The van der Waals surface area contributed by atoms with E-state index in [-0.39, 0.29) is 17.9 Å². The minimum absolute atomic E-state index is 0.0126. The maximum Gasteiger partial charge on any atom is 0.317 e. The first-order valence-electron chi connectivity index (χ1n) is 8.62. The molecule has 1 fully saturated rings. The summed E-state index contributed by atoms with van der Waals surface area (Å²) in [4.78, 5) is 28.4. The minimum atomic E-state index is -0.0231. The lowest BCUT2D eigenvalue weighted by molar-refractivity contribution is -0.116. The molecule has 0 bridgehead atoms. The smallest absolute Gasteiger partial charge is 0.317 e. The number of benzene rings is 1. The van der Waals surface area contributed by atoms with Crippen molar-refractivity contribution in [1.29, 1.82) is 0 Å². The van der Waals surface area contributed by atoms with Gasteiger partial charge in [-0.15, -0.1) is 0 Å². The second-order valence-electron chi connectivity index (χ2n) is 6.93. The first-order chi connectivity index (χ1) is 11.5. The molecule has 1 saturated heterocycles. The van der Waals surface area contributed by atoms with Gasteiger partial charge in [-0.05, 0) is 38.6 Å². The van der Waals surface area contributed by atoms with E-state index in [1.54, 1.807) is 0 Å². The summed E-state index contributed by atoms with van der Waals surface area (Å²) < 4.78 is 0. The Kier molecular flexibility index (Phi) is 5.04. The van der Waals surface area contributed by atoms with Crippen LogP contribution >= 0.6 is 0 Å². The number of para-hydroxylation sites is 1. The van der Waals surface area contributed by atoms with Gasteiger partial charge in [0, 0.05) is 43.7 Å². The molecular formula is C18H26N4O2. The summed E-state index contributed by atoms with van der Waals surface area (Å²) in [7, 11) is 4.12. The number of likely N-dealkylation sites (N-methyl/N-ethyl adjacent to an activating group) is 1. The molecule has 0 aliphatic carbocycles. The van der Waals surface area contributed by atoms with Crippen molar-refractivity contribution in [2.24, 2.45) is 0 Å². The van der Waals surface area contributed by atoms with Crippen LogP contribution in [0.2, 0.25) is 0 Å². The van der Waals surface area contributed by atoms with E-state index >= 15 is 0 Å². The number of rotatable bonds is 3. The zero-order valence-electron chi connectivity index (χ0n) is 14.4. The number of piperidine rings is 1. The molecule has 2 atom stereocenters. The fraction of sp³-hybridized carbons (Fsp3) is 0.556. The van der Waals surface area contributed by atoms with E-state index < -0.39 is 0 Å². The van der Waals surface area contributed by atoms with Gasteiger partial charge in [0.25, 0.3) is 0 Å². The highest BCUT2D eigenvalue weighted by atomic mass is 16.2. The third kappa shape index (κ3) is 3.70. The number of carbonyl (C=O) groups is 2. The lowest BCUT2D eigenvalue weighted by Crippen LogP contribution is -2.51. The molecule has 6 nitrogen and oxygen atoms in total. The van der Waals surface area contributed by atoms with E-state index in [2.05, 4.69) is 29.6 Å². The second kappa shape index (κ2) is 7.21. The Morgan fingerprint density at radius 3 is 2.96 bits per heavy atom. The number of amides is 3. The van der Waals surface area contributed by atoms with E-state index in [9.17, 15) is 9.59 Å². The summed E-state index contributed by atoms with van der Waals surface area (Å²) in [5.41, 5.74) is 1.96. The van der Waals surface area contributed by atoms with E-state index in [4.69, 9.17) is 0 Å². The highest BCUT2D eigenvalue weighted by Gasteiger charge is 2.28. The van der Waals surface area contributed by atoms with Gasteiger partial charge in [-0.1, -0.05) is 18.2 Å². The van der Waals surface area contributed by atoms with Crippen molar-refractivity contribution in [3.05, 3.63) is 29.8 Å². The number of likely N-dealkylation sites (tertiary alicyclic amines) is 1. The summed E-state index contributed by atoms with van der Waals surface area (Å²) in [6.45, 7) is 2.06. The molecule has 24 heavy (non-hydrogen) atoms. The lowest BCUT2D eigenvalue weighted by Gasteiger charge is -2.36. The highest BCUT2D eigenvalue weighted by molar-refractivity contribution is 5.94. The van der Waals surface area contributed by atoms with Crippen molar-refractivity contribution in [3.8, 4) is 0 Å². The predicted octanol–water partition coefficient (Wildman–Crippen LogP) is 1.85. The molecule has 2 aliphatic rings. The van der Waals surface area contributed by atoms with Crippen LogP contribution in [-0.2, 0) is 4.79 Å². The Morgan fingerprint density at radius 1 is 1.38 bits per heavy atom. The first kappa shape index (κ1) is 16.8. The van der Waals surface area contributed by atoms with Crippen LogP contribution in [0.15, 0.2) is 24.3 Å². The zero-order valence-corrected chi connectivity index (χ0v) is 14.4. The maximum atomic E-state index is 12.5. The van der Waals surface area contributed by atoms with Crippen LogP contribution < -0.4 is 10.6 Å². The standard InChI is InChI=1S/C18H26N4O2/c1-21(2)14-6-5-9-22(12-14)18(24)19-11-13-10-17(23)20-16-8-4-3-7-15(13)16/h3-4,7-8,13-14H,5-6,9-12H2,1-2H3,(H,19,24)(H,20,23)/t13-,14-/m1/s1. The monoisotopic (exact) mass is 330 g/mol. The number of nitrogens with one attached hydrogen (secondary N) is 2.